The third-order valence-electron chi connectivity index (χ3n) is 2.45. The molecule has 1 heterocycles. The van der Waals surface area contributed by atoms with Crippen LogP contribution in [0, 0.1) is 6.92 Å². The SMILES string of the molecule is CNc1cccc(Nc2ccc(C)c(Cl)c2)n1. The summed E-state index contributed by atoms with van der Waals surface area (Å²) in [6.07, 6.45) is 0. The number of rotatable bonds is 3. The third-order valence-corrected chi connectivity index (χ3v) is 2.86. The van der Waals surface area contributed by atoms with Gasteiger partial charge >= 0.3 is 0 Å². The first-order valence-electron chi connectivity index (χ1n) is 5.37. The quantitative estimate of drug-likeness (QED) is 0.866. The minimum absolute atomic E-state index is 0.750. The Hall–Kier alpha value is -1.74. The van der Waals surface area contributed by atoms with Gasteiger partial charge in [0.2, 0.25) is 0 Å². The molecule has 2 N–H and O–H groups in total. The molecule has 0 saturated heterocycles. The fraction of sp³-hybridized carbons (Fsp3) is 0.154. The largest absolute Gasteiger partial charge is 0.373 e. The van der Waals surface area contributed by atoms with E-state index in [1.165, 1.54) is 0 Å². The highest BCUT2D eigenvalue weighted by atomic mass is 35.5. The van der Waals surface area contributed by atoms with Crippen LogP contribution in [-0.2, 0) is 0 Å². The predicted molar refractivity (Wildman–Crippen MR) is 73.3 cm³/mol. The first-order chi connectivity index (χ1) is 8.19. The summed E-state index contributed by atoms with van der Waals surface area (Å²) in [6, 6.07) is 11.6. The number of pyridine rings is 1. The lowest BCUT2D eigenvalue weighted by molar-refractivity contribution is 1.27. The van der Waals surface area contributed by atoms with E-state index in [4.69, 9.17) is 11.6 Å². The summed E-state index contributed by atoms with van der Waals surface area (Å²) < 4.78 is 0. The van der Waals surface area contributed by atoms with E-state index < -0.39 is 0 Å². The topological polar surface area (TPSA) is 37.0 Å². The van der Waals surface area contributed by atoms with Crippen LogP contribution in [0.25, 0.3) is 0 Å². The number of aromatic nitrogens is 1. The standard InChI is InChI=1S/C13H14ClN3/c1-9-6-7-10(8-11(9)14)16-13-5-3-4-12(15-2)17-13/h3-8H,1-2H3,(H2,15,16,17). The van der Waals surface area contributed by atoms with Gasteiger partial charge in [-0.1, -0.05) is 23.7 Å². The molecule has 1 aromatic carbocycles. The summed E-state index contributed by atoms with van der Waals surface area (Å²) in [5, 5.41) is 6.96. The van der Waals surface area contributed by atoms with Gasteiger partial charge in [0.15, 0.2) is 0 Å². The molecule has 2 aromatic rings. The van der Waals surface area contributed by atoms with Crippen molar-refractivity contribution in [3.63, 3.8) is 0 Å². The molecule has 88 valence electrons. The fourth-order valence-corrected chi connectivity index (χ4v) is 1.64. The highest BCUT2D eigenvalue weighted by Gasteiger charge is 2.00. The van der Waals surface area contributed by atoms with Crippen molar-refractivity contribution in [3.05, 3.63) is 47.0 Å². The molecular formula is C13H14ClN3. The van der Waals surface area contributed by atoms with Crippen molar-refractivity contribution in [2.24, 2.45) is 0 Å². The van der Waals surface area contributed by atoms with Crippen LogP contribution in [0.2, 0.25) is 5.02 Å². The molecule has 0 radical (unpaired) electrons. The van der Waals surface area contributed by atoms with Gasteiger partial charge in [0, 0.05) is 17.8 Å². The lowest BCUT2D eigenvalue weighted by Crippen LogP contribution is -1.97. The summed E-state index contributed by atoms with van der Waals surface area (Å²) in [6.45, 7) is 1.98. The van der Waals surface area contributed by atoms with Gasteiger partial charge in [-0.05, 0) is 36.8 Å². The predicted octanol–water partition coefficient (Wildman–Crippen LogP) is 3.83. The Bertz CT molecular complexity index is 526. The molecule has 2 rings (SSSR count). The molecule has 0 aliphatic rings. The molecule has 0 atom stereocenters. The maximum atomic E-state index is 6.07. The maximum Gasteiger partial charge on any atom is 0.132 e. The second-order valence-electron chi connectivity index (χ2n) is 3.75. The van der Waals surface area contributed by atoms with Crippen molar-refractivity contribution in [1.82, 2.24) is 4.98 Å². The van der Waals surface area contributed by atoms with Crippen LogP contribution in [0.1, 0.15) is 5.56 Å². The number of halogens is 1. The first-order valence-corrected chi connectivity index (χ1v) is 5.75. The van der Waals surface area contributed by atoms with Crippen LogP contribution in [0.5, 0.6) is 0 Å². The van der Waals surface area contributed by atoms with Gasteiger partial charge in [-0.2, -0.15) is 0 Å². The number of nitrogens with zero attached hydrogens (tertiary/aromatic N) is 1. The number of benzene rings is 1. The van der Waals surface area contributed by atoms with E-state index in [1.807, 2.05) is 50.4 Å². The number of hydrogen-bond acceptors (Lipinski definition) is 3. The third kappa shape index (κ3) is 2.88. The molecule has 0 aliphatic carbocycles. The molecule has 0 aliphatic heterocycles. The summed E-state index contributed by atoms with van der Waals surface area (Å²) in [5.41, 5.74) is 2.00. The fourth-order valence-electron chi connectivity index (χ4n) is 1.46. The lowest BCUT2D eigenvalue weighted by Gasteiger charge is -2.08. The van der Waals surface area contributed by atoms with Crippen molar-refractivity contribution in [1.29, 1.82) is 0 Å². The van der Waals surface area contributed by atoms with E-state index >= 15 is 0 Å². The second-order valence-corrected chi connectivity index (χ2v) is 4.15. The van der Waals surface area contributed by atoms with Crippen molar-refractivity contribution in [3.8, 4) is 0 Å². The Morgan fingerprint density at radius 3 is 2.59 bits per heavy atom. The number of hydrogen-bond donors (Lipinski definition) is 2. The molecule has 17 heavy (non-hydrogen) atoms. The zero-order chi connectivity index (χ0) is 12.3. The van der Waals surface area contributed by atoms with Crippen LogP contribution in [0.3, 0.4) is 0 Å². The van der Waals surface area contributed by atoms with Crippen LogP contribution in [0.4, 0.5) is 17.3 Å². The van der Waals surface area contributed by atoms with E-state index in [0.29, 0.717) is 0 Å². The van der Waals surface area contributed by atoms with Gasteiger partial charge in [0.05, 0.1) is 0 Å². The Balaban J connectivity index is 2.22. The molecule has 0 spiro atoms. The average Bonchev–Trinajstić information content (AvgIpc) is 2.34. The highest BCUT2D eigenvalue weighted by molar-refractivity contribution is 6.31. The minimum Gasteiger partial charge on any atom is -0.373 e. The van der Waals surface area contributed by atoms with Gasteiger partial charge in [-0.15, -0.1) is 0 Å². The summed E-state index contributed by atoms with van der Waals surface area (Å²) in [7, 11) is 1.84. The van der Waals surface area contributed by atoms with Crippen molar-refractivity contribution >= 4 is 28.9 Å². The van der Waals surface area contributed by atoms with E-state index in [9.17, 15) is 0 Å². The maximum absolute atomic E-state index is 6.07. The van der Waals surface area contributed by atoms with Gasteiger partial charge in [0.25, 0.3) is 0 Å². The smallest absolute Gasteiger partial charge is 0.132 e. The van der Waals surface area contributed by atoms with E-state index in [-0.39, 0.29) is 0 Å². The Morgan fingerprint density at radius 1 is 1.12 bits per heavy atom. The van der Waals surface area contributed by atoms with Crippen LogP contribution >= 0.6 is 11.6 Å². The average molecular weight is 248 g/mol. The Labute approximate surface area is 106 Å². The molecule has 0 unspecified atom stereocenters. The summed E-state index contributed by atoms with van der Waals surface area (Å²) >= 11 is 6.07. The zero-order valence-electron chi connectivity index (χ0n) is 9.79. The van der Waals surface area contributed by atoms with Gasteiger partial charge in [0.1, 0.15) is 11.6 Å². The summed E-state index contributed by atoms with van der Waals surface area (Å²) in [4.78, 5) is 4.37. The number of nitrogens with one attached hydrogen (secondary N) is 2. The normalized spacial score (nSPS) is 10.1. The Morgan fingerprint density at radius 2 is 1.88 bits per heavy atom. The van der Waals surface area contributed by atoms with Crippen molar-refractivity contribution in [2.75, 3.05) is 17.7 Å². The molecule has 0 fully saturated rings. The lowest BCUT2D eigenvalue weighted by atomic mass is 10.2. The molecule has 0 saturated carbocycles. The van der Waals surface area contributed by atoms with Crippen LogP contribution in [0.15, 0.2) is 36.4 Å². The van der Waals surface area contributed by atoms with E-state index in [2.05, 4.69) is 15.6 Å². The van der Waals surface area contributed by atoms with Gasteiger partial charge in [-0.3, -0.25) is 0 Å². The Kier molecular flexibility index (Phi) is 3.49. The first kappa shape index (κ1) is 11.7. The molecule has 0 bridgehead atoms. The highest BCUT2D eigenvalue weighted by Crippen LogP contribution is 2.22. The second kappa shape index (κ2) is 5.06. The van der Waals surface area contributed by atoms with Crippen LogP contribution in [-0.4, -0.2) is 12.0 Å². The van der Waals surface area contributed by atoms with E-state index in [0.717, 1.165) is 27.9 Å². The molecular weight excluding hydrogens is 234 g/mol. The molecule has 0 amide bonds. The molecule has 3 nitrogen and oxygen atoms in total. The summed E-state index contributed by atoms with van der Waals surface area (Å²) in [5.74, 6) is 1.62. The van der Waals surface area contributed by atoms with Crippen molar-refractivity contribution in [2.45, 2.75) is 6.92 Å². The van der Waals surface area contributed by atoms with E-state index in [1.54, 1.807) is 0 Å². The van der Waals surface area contributed by atoms with Gasteiger partial charge < -0.3 is 10.6 Å². The molecule has 4 heteroatoms. The zero-order valence-corrected chi connectivity index (χ0v) is 10.5. The number of anilines is 3. The number of aryl methyl sites for hydroxylation is 1. The van der Waals surface area contributed by atoms with Crippen LogP contribution < -0.4 is 10.6 Å². The minimum atomic E-state index is 0.750. The van der Waals surface area contributed by atoms with Crippen molar-refractivity contribution < 1.29 is 0 Å². The monoisotopic (exact) mass is 247 g/mol. The van der Waals surface area contributed by atoms with Gasteiger partial charge in [-0.25, -0.2) is 4.98 Å². The molecule has 1 aromatic heterocycles.